The standard InChI is InChI=1S/C14H27N3OS/c1-16-7-9-17(10-8-16)14(18)11-15-12-5-3-4-6-13(12)19-2/h12-13,15H,3-11H2,1-2H3. The van der Waals surface area contributed by atoms with E-state index in [0.29, 0.717) is 17.8 Å². The van der Waals surface area contributed by atoms with Gasteiger partial charge >= 0.3 is 0 Å². The van der Waals surface area contributed by atoms with Gasteiger partial charge in [-0.05, 0) is 26.1 Å². The zero-order chi connectivity index (χ0) is 13.7. The highest BCUT2D eigenvalue weighted by atomic mass is 32.2. The average molecular weight is 285 g/mol. The van der Waals surface area contributed by atoms with Crippen molar-refractivity contribution in [3.8, 4) is 0 Å². The van der Waals surface area contributed by atoms with E-state index in [1.54, 1.807) is 0 Å². The molecule has 2 atom stereocenters. The van der Waals surface area contributed by atoms with Gasteiger partial charge in [0.15, 0.2) is 0 Å². The van der Waals surface area contributed by atoms with E-state index in [2.05, 4.69) is 23.5 Å². The Morgan fingerprint density at radius 1 is 1.21 bits per heavy atom. The predicted molar refractivity (Wildman–Crippen MR) is 81.6 cm³/mol. The van der Waals surface area contributed by atoms with Crippen LogP contribution in [0.1, 0.15) is 25.7 Å². The number of hydrogen-bond acceptors (Lipinski definition) is 4. The molecule has 1 heterocycles. The van der Waals surface area contributed by atoms with E-state index in [1.165, 1.54) is 25.7 Å². The third-order valence-electron chi connectivity index (χ3n) is 4.38. The summed E-state index contributed by atoms with van der Waals surface area (Å²) >= 11 is 1.95. The van der Waals surface area contributed by atoms with Crippen LogP contribution >= 0.6 is 11.8 Å². The number of carbonyl (C=O) groups excluding carboxylic acids is 1. The van der Waals surface area contributed by atoms with Crippen molar-refractivity contribution in [1.29, 1.82) is 0 Å². The van der Waals surface area contributed by atoms with Crippen molar-refractivity contribution in [1.82, 2.24) is 15.1 Å². The Labute approximate surface area is 121 Å². The maximum atomic E-state index is 12.2. The lowest BCUT2D eigenvalue weighted by Gasteiger charge is -2.34. The Kier molecular flexibility index (Phi) is 5.98. The topological polar surface area (TPSA) is 35.6 Å². The number of carbonyl (C=O) groups is 1. The second kappa shape index (κ2) is 7.50. The molecule has 1 saturated heterocycles. The molecule has 19 heavy (non-hydrogen) atoms. The first-order valence-corrected chi connectivity index (χ1v) is 8.72. The van der Waals surface area contributed by atoms with Crippen LogP contribution in [0.2, 0.25) is 0 Å². The number of hydrogen-bond donors (Lipinski definition) is 1. The summed E-state index contributed by atoms with van der Waals surface area (Å²) in [6.07, 6.45) is 7.35. The van der Waals surface area contributed by atoms with E-state index in [-0.39, 0.29) is 5.91 Å². The van der Waals surface area contributed by atoms with Gasteiger partial charge in [-0.3, -0.25) is 4.79 Å². The van der Waals surface area contributed by atoms with E-state index in [9.17, 15) is 4.79 Å². The number of likely N-dealkylation sites (N-methyl/N-ethyl adjacent to an activating group) is 1. The monoisotopic (exact) mass is 285 g/mol. The normalized spacial score (nSPS) is 29.5. The van der Waals surface area contributed by atoms with Gasteiger partial charge in [0.1, 0.15) is 0 Å². The fourth-order valence-electron chi connectivity index (χ4n) is 3.00. The summed E-state index contributed by atoms with van der Waals surface area (Å²) < 4.78 is 0. The van der Waals surface area contributed by atoms with Crippen LogP contribution in [0.4, 0.5) is 0 Å². The number of piperazine rings is 1. The van der Waals surface area contributed by atoms with Crippen LogP contribution in [-0.4, -0.2) is 73.0 Å². The molecule has 0 aromatic heterocycles. The molecule has 2 unspecified atom stereocenters. The van der Waals surface area contributed by atoms with Gasteiger partial charge in [0.25, 0.3) is 0 Å². The lowest BCUT2D eigenvalue weighted by Crippen LogP contribution is -2.51. The van der Waals surface area contributed by atoms with Crippen LogP contribution < -0.4 is 5.32 Å². The lowest BCUT2D eigenvalue weighted by molar-refractivity contribution is -0.131. The van der Waals surface area contributed by atoms with E-state index in [0.717, 1.165) is 26.2 Å². The first-order valence-electron chi connectivity index (χ1n) is 7.43. The molecule has 1 amide bonds. The Hall–Kier alpha value is -0.260. The molecule has 0 spiro atoms. The third kappa shape index (κ3) is 4.36. The highest BCUT2D eigenvalue weighted by Gasteiger charge is 2.25. The molecule has 2 rings (SSSR count). The summed E-state index contributed by atoms with van der Waals surface area (Å²) in [5.74, 6) is 0.276. The molecule has 0 bridgehead atoms. The number of nitrogens with zero attached hydrogens (tertiary/aromatic N) is 2. The molecule has 2 fully saturated rings. The second-order valence-electron chi connectivity index (χ2n) is 5.73. The number of thioether (sulfide) groups is 1. The zero-order valence-corrected chi connectivity index (χ0v) is 13.0. The van der Waals surface area contributed by atoms with Gasteiger partial charge < -0.3 is 15.1 Å². The maximum absolute atomic E-state index is 12.2. The van der Waals surface area contributed by atoms with Crippen molar-refractivity contribution >= 4 is 17.7 Å². The highest BCUT2D eigenvalue weighted by Crippen LogP contribution is 2.26. The van der Waals surface area contributed by atoms with Gasteiger partial charge in [-0.25, -0.2) is 0 Å². The molecular formula is C14H27N3OS. The molecule has 5 heteroatoms. The van der Waals surface area contributed by atoms with Crippen molar-refractivity contribution in [2.45, 2.75) is 37.0 Å². The molecule has 1 N–H and O–H groups in total. The molecule has 0 aromatic rings. The number of rotatable bonds is 4. The van der Waals surface area contributed by atoms with Gasteiger partial charge in [0, 0.05) is 37.5 Å². The summed E-state index contributed by atoms with van der Waals surface area (Å²) in [5, 5.41) is 4.19. The zero-order valence-electron chi connectivity index (χ0n) is 12.2. The van der Waals surface area contributed by atoms with Gasteiger partial charge in [0.05, 0.1) is 6.54 Å². The summed E-state index contributed by atoms with van der Waals surface area (Å²) in [6, 6.07) is 0.528. The minimum absolute atomic E-state index is 0.276. The van der Waals surface area contributed by atoms with Crippen LogP contribution in [0.15, 0.2) is 0 Å². The fourth-order valence-corrected chi connectivity index (χ4v) is 3.96. The van der Waals surface area contributed by atoms with Crippen molar-refractivity contribution < 1.29 is 4.79 Å². The summed E-state index contributed by atoms with van der Waals surface area (Å²) in [5.41, 5.74) is 0. The molecule has 0 radical (unpaired) electrons. The van der Waals surface area contributed by atoms with E-state index in [4.69, 9.17) is 0 Å². The van der Waals surface area contributed by atoms with Crippen LogP contribution in [-0.2, 0) is 4.79 Å². The van der Waals surface area contributed by atoms with Gasteiger partial charge in [0.2, 0.25) is 5.91 Å². The lowest BCUT2D eigenvalue weighted by atomic mass is 9.95. The summed E-state index contributed by atoms with van der Waals surface area (Å²) in [4.78, 5) is 16.5. The Bertz CT molecular complexity index is 292. The number of nitrogens with one attached hydrogen (secondary N) is 1. The Morgan fingerprint density at radius 2 is 1.89 bits per heavy atom. The molecule has 1 saturated carbocycles. The van der Waals surface area contributed by atoms with Gasteiger partial charge in [-0.1, -0.05) is 12.8 Å². The van der Waals surface area contributed by atoms with Crippen molar-refractivity contribution in [2.75, 3.05) is 46.0 Å². The fraction of sp³-hybridized carbons (Fsp3) is 0.929. The minimum Gasteiger partial charge on any atom is -0.339 e. The predicted octanol–water partition coefficient (Wildman–Crippen LogP) is 1.02. The van der Waals surface area contributed by atoms with Gasteiger partial charge in [-0.15, -0.1) is 0 Å². The van der Waals surface area contributed by atoms with Crippen LogP contribution in [0.5, 0.6) is 0 Å². The van der Waals surface area contributed by atoms with E-state index < -0.39 is 0 Å². The highest BCUT2D eigenvalue weighted by molar-refractivity contribution is 7.99. The molecule has 2 aliphatic rings. The largest absolute Gasteiger partial charge is 0.339 e. The number of amides is 1. The smallest absolute Gasteiger partial charge is 0.236 e. The van der Waals surface area contributed by atoms with Crippen LogP contribution in [0, 0.1) is 0 Å². The van der Waals surface area contributed by atoms with Crippen LogP contribution in [0.25, 0.3) is 0 Å². The molecule has 4 nitrogen and oxygen atoms in total. The summed E-state index contributed by atoms with van der Waals surface area (Å²) in [6.45, 7) is 4.29. The van der Waals surface area contributed by atoms with E-state index >= 15 is 0 Å². The molecular weight excluding hydrogens is 258 g/mol. The Balaban J connectivity index is 1.73. The average Bonchev–Trinajstić information content (AvgIpc) is 2.45. The van der Waals surface area contributed by atoms with Crippen molar-refractivity contribution in [3.05, 3.63) is 0 Å². The summed E-state index contributed by atoms with van der Waals surface area (Å²) in [7, 11) is 2.12. The van der Waals surface area contributed by atoms with Crippen molar-refractivity contribution in [3.63, 3.8) is 0 Å². The Morgan fingerprint density at radius 3 is 2.58 bits per heavy atom. The molecule has 1 aliphatic carbocycles. The van der Waals surface area contributed by atoms with Crippen LogP contribution in [0.3, 0.4) is 0 Å². The molecule has 110 valence electrons. The maximum Gasteiger partial charge on any atom is 0.236 e. The van der Waals surface area contributed by atoms with Gasteiger partial charge in [-0.2, -0.15) is 11.8 Å². The first kappa shape index (κ1) is 15.1. The van der Waals surface area contributed by atoms with E-state index in [1.807, 2.05) is 16.7 Å². The third-order valence-corrected chi connectivity index (χ3v) is 5.55. The minimum atomic E-state index is 0.276. The second-order valence-corrected chi connectivity index (χ2v) is 6.81. The molecule has 1 aliphatic heterocycles. The SMILES string of the molecule is CSC1CCCCC1NCC(=O)N1CCN(C)CC1. The van der Waals surface area contributed by atoms with Crippen molar-refractivity contribution in [2.24, 2.45) is 0 Å². The quantitative estimate of drug-likeness (QED) is 0.837. The molecule has 0 aromatic carbocycles. The first-order chi connectivity index (χ1) is 9.20.